The van der Waals surface area contributed by atoms with Gasteiger partial charge in [-0.1, -0.05) is 0 Å². The maximum absolute atomic E-state index is 8.28. The van der Waals surface area contributed by atoms with E-state index >= 15 is 0 Å². The van der Waals surface area contributed by atoms with Crippen molar-refractivity contribution >= 4 is 16.2 Å². The Morgan fingerprint density at radius 2 is 1.20 bits per heavy atom. The van der Waals surface area contributed by atoms with Crippen LogP contribution in [0.3, 0.4) is 0 Å². The molecule has 0 aromatic rings. The van der Waals surface area contributed by atoms with Crippen LogP contribution in [0.15, 0.2) is 0 Å². The Hall–Kier alpha value is 2.01. The molecule has 0 atom stereocenters. The molecule has 0 heterocycles. The van der Waals surface area contributed by atoms with Crippen molar-refractivity contribution in [3.8, 4) is 0 Å². The predicted octanol–water partition coefficient (Wildman–Crippen LogP) is -0.775. The van der Waals surface area contributed by atoms with E-state index in [9.17, 15) is 0 Å². The van der Waals surface area contributed by atoms with Crippen molar-refractivity contribution in [1.29, 1.82) is 0 Å². The molecule has 0 saturated carbocycles. The molecule has 0 aliphatic rings. The van der Waals surface area contributed by atoms with E-state index in [2.05, 4.69) is 0 Å². The molecule has 0 aliphatic carbocycles. The minimum absolute atomic E-state index is 0. The Morgan fingerprint density at radius 1 is 1.20 bits per heavy atom. The van der Waals surface area contributed by atoms with Crippen LogP contribution in [-0.2, 0) is 57.7 Å². The predicted molar refractivity (Wildman–Crippen MR) is 7.84 cm³/mol. The Kier molecular flexibility index (Phi) is 209. The van der Waals surface area contributed by atoms with Gasteiger partial charge in [-0.15, -0.1) is 0 Å². The molecule has 0 rings (SSSR count). The van der Waals surface area contributed by atoms with Crippen LogP contribution in [0.2, 0.25) is 0 Å². The minimum Gasteiger partial charge on any atom is 0 e. The standard InChI is InChI=1S/Al.Cr.Cu.O.Zn.H. The maximum Gasteiger partial charge on any atom is 0 e. The summed E-state index contributed by atoms with van der Waals surface area (Å²) in [7, 11) is 0. The van der Waals surface area contributed by atoms with Crippen LogP contribution in [0.25, 0.3) is 0 Å². The summed E-state index contributed by atoms with van der Waals surface area (Å²) in [5.74, 6) is 0. The third-order valence-electron chi connectivity index (χ3n) is 0. The summed E-state index contributed by atoms with van der Waals surface area (Å²) in [6.45, 7) is 0. The molecule has 29 valence electrons. The number of hydrogen-bond acceptors (Lipinski definition) is 1. The van der Waals surface area contributed by atoms with Gasteiger partial charge < -0.3 is 0 Å². The minimum atomic E-state index is 0. The summed E-state index contributed by atoms with van der Waals surface area (Å²) >= 11 is 0.611. The van der Waals surface area contributed by atoms with Crippen LogP contribution in [0.5, 0.6) is 0 Å². The molecule has 0 aromatic carbocycles. The van der Waals surface area contributed by atoms with Gasteiger partial charge in [0.25, 0.3) is 0 Å². The van der Waals surface area contributed by atoms with Crippen molar-refractivity contribution in [2.24, 2.45) is 0 Å². The van der Waals surface area contributed by atoms with E-state index in [1.165, 1.54) is 0 Å². The first-order valence-electron chi connectivity index (χ1n) is 0.289. The van der Waals surface area contributed by atoms with Crippen molar-refractivity contribution in [2.45, 2.75) is 0 Å². The van der Waals surface area contributed by atoms with Crippen LogP contribution >= 0.6 is 0 Å². The summed E-state index contributed by atoms with van der Waals surface area (Å²) in [6, 6.07) is 0. The third-order valence-corrected chi connectivity index (χ3v) is 0. The Morgan fingerprint density at radius 3 is 1.20 bits per heavy atom. The van der Waals surface area contributed by atoms with Gasteiger partial charge in [0.1, 0.15) is 0 Å². The summed E-state index contributed by atoms with van der Waals surface area (Å²) in [4.78, 5) is 0. The second kappa shape index (κ2) is 37.4. The first-order valence-corrected chi connectivity index (χ1v) is 0.866. The fourth-order valence-electron chi connectivity index (χ4n) is 0. The molecule has 0 fully saturated rings. The zero-order chi connectivity index (χ0) is 2.00. The monoisotopic (exact) mass is 223 g/mol. The van der Waals surface area contributed by atoms with Gasteiger partial charge in [-0.05, 0) is 0 Å². The van der Waals surface area contributed by atoms with Gasteiger partial charge in [0.2, 0.25) is 0 Å². The largest absolute Gasteiger partial charge is 0 e. The topological polar surface area (TPSA) is 17.1 Å². The molecular formula is HAlCrCuOZn. The van der Waals surface area contributed by atoms with Crippen LogP contribution in [-0.4, -0.2) is 16.2 Å². The van der Waals surface area contributed by atoms with Crippen LogP contribution in [0.4, 0.5) is 0 Å². The van der Waals surface area contributed by atoms with Crippen molar-refractivity contribution < 1.29 is 57.7 Å². The molecular weight excluding hydrogens is 224 g/mol. The Labute approximate surface area is 73.3 Å². The molecule has 0 amide bonds. The van der Waals surface area contributed by atoms with Crippen LogP contribution in [0.1, 0.15) is 0 Å². The van der Waals surface area contributed by atoms with E-state index in [-0.39, 0.29) is 53.9 Å². The first-order chi connectivity index (χ1) is 1.00. The van der Waals surface area contributed by atoms with Crippen LogP contribution < -0.4 is 0 Å². The molecule has 0 N–H and O–H groups in total. The van der Waals surface area contributed by atoms with Gasteiger partial charge in [0.15, 0.2) is 0 Å². The average Bonchev–Trinajstić information content (AvgIpc) is 1.00. The van der Waals surface area contributed by atoms with Gasteiger partial charge in [-0.3, -0.25) is 0 Å². The van der Waals surface area contributed by atoms with Crippen molar-refractivity contribution in [2.75, 3.05) is 0 Å². The van der Waals surface area contributed by atoms with Crippen molar-refractivity contribution in [1.82, 2.24) is 0 Å². The fourth-order valence-corrected chi connectivity index (χ4v) is 0. The van der Waals surface area contributed by atoms with E-state index < -0.39 is 0 Å². The van der Waals surface area contributed by atoms with E-state index in [4.69, 9.17) is 3.80 Å². The van der Waals surface area contributed by atoms with Crippen molar-refractivity contribution in [3.05, 3.63) is 0 Å². The Bertz CT molecular complexity index is 11.6. The zero-order valence-electron chi connectivity index (χ0n) is 2.53. The smallest absolute Gasteiger partial charge is 0 e. The molecule has 0 saturated heterocycles. The second-order valence-electron chi connectivity index (χ2n) is 0. The summed E-state index contributed by atoms with van der Waals surface area (Å²) in [5.41, 5.74) is 0. The molecule has 1 nitrogen and oxygen atoms in total. The number of rotatable bonds is 0. The van der Waals surface area contributed by atoms with Crippen molar-refractivity contribution in [3.63, 3.8) is 0 Å². The first kappa shape index (κ1) is 28.0. The van der Waals surface area contributed by atoms with Gasteiger partial charge in [0, 0.05) is 53.9 Å². The average molecular weight is 225 g/mol. The van der Waals surface area contributed by atoms with Gasteiger partial charge in [-0.2, -0.15) is 0 Å². The second-order valence-corrected chi connectivity index (χ2v) is 0. The summed E-state index contributed by atoms with van der Waals surface area (Å²) < 4.78 is 8.28. The maximum atomic E-state index is 8.28. The molecule has 0 spiro atoms. The van der Waals surface area contributed by atoms with E-state index in [1.807, 2.05) is 0 Å². The quantitative estimate of drug-likeness (QED) is 0.494. The van der Waals surface area contributed by atoms with E-state index in [0.29, 0.717) is 16.2 Å². The molecule has 1 radical (unpaired) electrons. The molecule has 5 heteroatoms. The number of hydrogen-bond donors (Lipinski definition) is 0. The SMILES string of the molecule is [Cr].[Cu].[O]=[AlH].[Zn]. The fraction of sp³-hybridized carbons (Fsp3) is 0. The van der Waals surface area contributed by atoms with E-state index in [0.717, 1.165) is 0 Å². The Balaban J connectivity index is -0.00000000167. The molecule has 5 heavy (non-hydrogen) atoms. The van der Waals surface area contributed by atoms with Gasteiger partial charge in [-0.25, -0.2) is 0 Å². The molecule has 0 unspecified atom stereocenters. The summed E-state index contributed by atoms with van der Waals surface area (Å²) in [6.07, 6.45) is 0. The van der Waals surface area contributed by atoms with Gasteiger partial charge >= 0.3 is 20.0 Å². The van der Waals surface area contributed by atoms with Crippen LogP contribution in [0, 0.1) is 0 Å². The molecule has 0 aromatic heterocycles. The molecule has 0 aliphatic heterocycles. The third kappa shape index (κ3) is 23.9. The molecule has 0 bridgehead atoms. The zero-order valence-corrected chi connectivity index (χ0v) is 9.13. The summed E-state index contributed by atoms with van der Waals surface area (Å²) in [5, 5.41) is 0. The normalized spacial score (nSPS) is 0.600. The van der Waals surface area contributed by atoms with Gasteiger partial charge in [0.05, 0.1) is 0 Å². The van der Waals surface area contributed by atoms with E-state index in [1.54, 1.807) is 0 Å².